The Kier molecular flexibility index (Phi) is 10.4. The van der Waals surface area contributed by atoms with E-state index in [1.54, 1.807) is 0 Å². The minimum atomic E-state index is 0.0236. The number of carbonyl (C=O) groups excluding carboxylic acids is 1. The number of nitrogens with one attached hydrogen (secondary N) is 1. The molecular weight excluding hydrogens is 354 g/mol. The summed E-state index contributed by atoms with van der Waals surface area (Å²) >= 11 is 1.92. The van der Waals surface area contributed by atoms with Crippen LogP contribution in [-0.4, -0.2) is 46.1 Å². The molecule has 1 aromatic carbocycles. The van der Waals surface area contributed by atoms with Crippen LogP contribution in [0.15, 0.2) is 30.3 Å². The Morgan fingerprint density at radius 2 is 1.93 bits per heavy atom. The molecule has 3 rings (SSSR count). The Balaban J connectivity index is 0.000000392. The predicted octanol–water partition coefficient (Wildman–Crippen LogP) is 4.04. The second-order valence-corrected chi connectivity index (χ2v) is 9.49. The second kappa shape index (κ2) is 11.7. The summed E-state index contributed by atoms with van der Waals surface area (Å²) in [6.45, 7) is 14.4. The zero-order valence-corrected chi connectivity index (χ0v) is 18.8. The number of hydrogen-bond donors (Lipinski definition) is 2. The number of nitrogens with zero attached hydrogens (tertiary/aromatic N) is 1. The van der Waals surface area contributed by atoms with Crippen LogP contribution in [0.1, 0.15) is 59.9 Å². The third kappa shape index (κ3) is 7.47. The average molecular weight is 394 g/mol. The monoisotopic (exact) mass is 393 g/mol. The van der Waals surface area contributed by atoms with Crippen LogP contribution in [0, 0.1) is 0 Å². The van der Waals surface area contributed by atoms with E-state index in [1.165, 1.54) is 12.0 Å². The van der Waals surface area contributed by atoms with E-state index in [1.807, 2.05) is 43.5 Å². The number of rotatable bonds is 6. The fourth-order valence-corrected chi connectivity index (χ4v) is 4.78. The highest BCUT2D eigenvalue weighted by atomic mass is 32.2. The fraction of sp³-hybridized carbons (Fsp3) is 0.682. The van der Waals surface area contributed by atoms with E-state index in [0.717, 1.165) is 25.9 Å². The Morgan fingerprint density at radius 1 is 1.30 bits per heavy atom. The summed E-state index contributed by atoms with van der Waals surface area (Å²) in [4.78, 5) is 14.0. The quantitative estimate of drug-likeness (QED) is 0.716. The molecule has 2 aliphatic rings. The van der Waals surface area contributed by atoms with Gasteiger partial charge in [0.2, 0.25) is 5.91 Å². The van der Waals surface area contributed by atoms with Gasteiger partial charge < -0.3 is 16.0 Å². The Morgan fingerprint density at radius 3 is 2.44 bits per heavy atom. The fourth-order valence-electron chi connectivity index (χ4n) is 3.26. The highest BCUT2D eigenvalue weighted by molar-refractivity contribution is 8.01. The number of fused-ring (bicyclic) bond motifs is 1. The third-order valence-corrected chi connectivity index (χ3v) is 6.03. The molecule has 0 radical (unpaired) electrons. The van der Waals surface area contributed by atoms with E-state index < -0.39 is 0 Å². The van der Waals surface area contributed by atoms with Crippen molar-refractivity contribution in [2.45, 2.75) is 83.0 Å². The molecule has 2 aliphatic heterocycles. The van der Waals surface area contributed by atoms with Gasteiger partial charge >= 0.3 is 0 Å². The molecule has 0 spiro atoms. The Bertz CT molecular complexity index is 548. The lowest BCUT2D eigenvalue weighted by atomic mass is 10.0. The van der Waals surface area contributed by atoms with Crippen LogP contribution in [0.4, 0.5) is 0 Å². The zero-order valence-electron chi connectivity index (χ0n) is 18.0. The Hall–Kier alpha value is -1.04. The lowest BCUT2D eigenvalue weighted by Gasteiger charge is -2.42. The van der Waals surface area contributed by atoms with E-state index in [0.29, 0.717) is 11.4 Å². The van der Waals surface area contributed by atoms with Crippen molar-refractivity contribution in [2.75, 3.05) is 13.1 Å². The number of carbonyl (C=O) groups is 1. The van der Waals surface area contributed by atoms with Crippen LogP contribution in [-0.2, 0) is 11.2 Å². The summed E-state index contributed by atoms with van der Waals surface area (Å²) in [5.41, 5.74) is 6.72. The SMILES string of the molecule is CC.CC1(C)CN2C(=O)C(NCCc3ccccc3)C2S1.CCCC(C)N. The van der Waals surface area contributed by atoms with Gasteiger partial charge in [-0.15, -0.1) is 11.8 Å². The van der Waals surface area contributed by atoms with Gasteiger partial charge in [-0.2, -0.15) is 0 Å². The summed E-state index contributed by atoms with van der Waals surface area (Å²) in [5, 5.41) is 3.76. The van der Waals surface area contributed by atoms with E-state index >= 15 is 0 Å². The van der Waals surface area contributed by atoms with Crippen molar-refractivity contribution in [2.24, 2.45) is 5.73 Å². The second-order valence-electron chi connectivity index (χ2n) is 7.67. The first-order valence-corrected chi connectivity index (χ1v) is 11.2. The van der Waals surface area contributed by atoms with Crippen molar-refractivity contribution >= 4 is 17.7 Å². The molecule has 0 saturated carbocycles. The molecule has 27 heavy (non-hydrogen) atoms. The van der Waals surface area contributed by atoms with Crippen LogP contribution >= 0.6 is 11.8 Å². The summed E-state index contributed by atoms with van der Waals surface area (Å²) in [7, 11) is 0. The number of β-lactam (4-membered cyclic amide) rings is 1. The van der Waals surface area contributed by atoms with Crippen molar-refractivity contribution < 1.29 is 4.79 Å². The molecule has 1 amide bonds. The molecule has 5 heteroatoms. The number of thioether (sulfide) groups is 1. The molecule has 0 aromatic heterocycles. The maximum Gasteiger partial charge on any atom is 0.243 e. The van der Waals surface area contributed by atoms with Crippen molar-refractivity contribution in [3.05, 3.63) is 35.9 Å². The highest BCUT2D eigenvalue weighted by Gasteiger charge is 2.55. The molecular formula is C22H39N3OS. The predicted molar refractivity (Wildman–Crippen MR) is 119 cm³/mol. The molecule has 154 valence electrons. The van der Waals surface area contributed by atoms with Gasteiger partial charge in [0.1, 0.15) is 11.4 Å². The number of hydrogen-bond acceptors (Lipinski definition) is 4. The molecule has 2 saturated heterocycles. The average Bonchev–Trinajstić information content (AvgIpc) is 2.93. The van der Waals surface area contributed by atoms with Crippen molar-refractivity contribution in [1.29, 1.82) is 0 Å². The topological polar surface area (TPSA) is 58.4 Å². The molecule has 2 fully saturated rings. The van der Waals surface area contributed by atoms with Crippen LogP contribution in [0.2, 0.25) is 0 Å². The molecule has 3 N–H and O–H groups in total. The van der Waals surface area contributed by atoms with Gasteiger partial charge in [0.25, 0.3) is 0 Å². The van der Waals surface area contributed by atoms with Gasteiger partial charge in [0.15, 0.2) is 0 Å². The van der Waals surface area contributed by atoms with E-state index in [-0.39, 0.29) is 16.7 Å². The Labute approximate surface area is 170 Å². The van der Waals surface area contributed by atoms with Gasteiger partial charge in [-0.05, 0) is 39.2 Å². The molecule has 1 aromatic rings. The van der Waals surface area contributed by atoms with Gasteiger partial charge in [0, 0.05) is 23.9 Å². The highest BCUT2D eigenvalue weighted by Crippen LogP contribution is 2.46. The number of nitrogens with two attached hydrogens (primary N) is 1. The zero-order chi connectivity index (χ0) is 20.4. The van der Waals surface area contributed by atoms with E-state index in [9.17, 15) is 4.79 Å². The van der Waals surface area contributed by atoms with Gasteiger partial charge in [-0.3, -0.25) is 4.79 Å². The molecule has 2 heterocycles. The van der Waals surface area contributed by atoms with E-state index in [4.69, 9.17) is 5.73 Å². The minimum Gasteiger partial charge on any atom is -0.328 e. The van der Waals surface area contributed by atoms with Crippen molar-refractivity contribution in [3.63, 3.8) is 0 Å². The van der Waals surface area contributed by atoms with Gasteiger partial charge in [-0.25, -0.2) is 0 Å². The standard InChI is InChI=1S/C15H20N2OS.C5H13N.C2H6/c1-15(2)10-17-13(18)12(14(17)19-15)16-9-8-11-6-4-3-5-7-11;1-3-4-5(2)6;1-2/h3-7,12,14,16H,8-10H2,1-2H3;5H,3-4,6H2,1-2H3;1-2H3. The summed E-state index contributed by atoms with van der Waals surface area (Å²) in [6.07, 6.45) is 3.34. The first-order chi connectivity index (χ1) is 12.8. The molecule has 3 atom stereocenters. The van der Waals surface area contributed by atoms with Crippen molar-refractivity contribution in [1.82, 2.24) is 10.2 Å². The smallest absolute Gasteiger partial charge is 0.243 e. The number of amides is 1. The van der Waals surface area contributed by atoms with Gasteiger partial charge in [0.05, 0.1) is 0 Å². The van der Waals surface area contributed by atoms with Crippen LogP contribution < -0.4 is 11.1 Å². The van der Waals surface area contributed by atoms with E-state index in [2.05, 4.69) is 50.4 Å². The van der Waals surface area contributed by atoms with Gasteiger partial charge in [-0.1, -0.05) is 57.5 Å². The molecule has 3 unspecified atom stereocenters. The molecule has 0 aliphatic carbocycles. The summed E-state index contributed by atoms with van der Waals surface area (Å²) in [5.74, 6) is 0.274. The lowest BCUT2D eigenvalue weighted by Crippen LogP contribution is -2.66. The normalized spacial score (nSPS) is 23.2. The third-order valence-electron chi connectivity index (χ3n) is 4.50. The van der Waals surface area contributed by atoms with Crippen LogP contribution in [0.25, 0.3) is 0 Å². The maximum atomic E-state index is 12.0. The first-order valence-electron chi connectivity index (χ1n) is 10.4. The first kappa shape index (κ1) is 24.0. The maximum absolute atomic E-state index is 12.0. The lowest BCUT2D eigenvalue weighted by molar-refractivity contribution is -0.145. The van der Waals surface area contributed by atoms with Crippen molar-refractivity contribution in [3.8, 4) is 0 Å². The van der Waals surface area contributed by atoms with Crippen LogP contribution in [0.3, 0.4) is 0 Å². The molecule has 4 nitrogen and oxygen atoms in total. The summed E-state index contributed by atoms with van der Waals surface area (Å²) < 4.78 is 0.205. The largest absolute Gasteiger partial charge is 0.328 e. The van der Waals surface area contributed by atoms with Crippen LogP contribution in [0.5, 0.6) is 0 Å². The minimum absolute atomic E-state index is 0.0236. The molecule has 0 bridgehead atoms. The number of benzene rings is 1. The summed E-state index contributed by atoms with van der Waals surface area (Å²) in [6, 6.07) is 10.8.